The van der Waals surface area contributed by atoms with E-state index in [4.69, 9.17) is 0 Å². The van der Waals surface area contributed by atoms with E-state index in [1.54, 1.807) is 0 Å². The maximum Gasteiger partial charge on any atom is 0.00751 e. The number of benzene rings is 1. The van der Waals surface area contributed by atoms with Crippen molar-refractivity contribution in [3.8, 4) is 0 Å². The van der Waals surface area contributed by atoms with Crippen molar-refractivity contribution in [3.63, 3.8) is 0 Å². The molecule has 1 aromatic rings. The van der Waals surface area contributed by atoms with Crippen LogP contribution in [0.4, 0.5) is 0 Å². The van der Waals surface area contributed by atoms with Crippen molar-refractivity contribution in [1.82, 2.24) is 0 Å². The van der Waals surface area contributed by atoms with Gasteiger partial charge < -0.3 is 0 Å². The molecule has 0 radical (unpaired) electrons. The van der Waals surface area contributed by atoms with Crippen molar-refractivity contribution in [2.24, 2.45) is 0 Å². The summed E-state index contributed by atoms with van der Waals surface area (Å²) in [6.45, 7) is 3.66. The van der Waals surface area contributed by atoms with E-state index in [0.717, 1.165) is 11.3 Å². The summed E-state index contributed by atoms with van der Waals surface area (Å²) in [5, 5.41) is 0. The topological polar surface area (TPSA) is 0 Å². The van der Waals surface area contributed by atoms with Crippen LogP contribution < -0.4 is 0 Å². The zero-order valence-electron chi connectivity index (χ0n) is 6.46. The van der Waals surface area contributed by atoms with E-state index in [9.17, 15) is 0 Å². The number of thiol groups is 1. The second-order valence-corrected chi connectivity index (χ2v) is 2.60. The minimum absolute atomic E-state index is 0. The Balaban J connectivity index is 0.000001000. The van der Waals surface area contributed by atoms with Gasteiger partial charge in [0.05, 0.1) is 0 Å². The molecule has 0 aromatic heterocycles. The summed E-state index contributed by atoms with van der Waals surface area (Å²) in [7, 11) is 0. The normalized spacial score (nSPS) is 8.45. The summed E-state index contributed by atoms with van der Waals surface area (Å²) in [4.78, 5) is 1.04. The molecule has 0 saturated carbocycles. The standard InChI is InChI=1S/C9H10S.Zn/c1-2-5-8-6-3-4-7-9(8)10;/h2-4,6-7,10H,1,5H2;. The minimum Gasteiger partial charge on any atom is -0.143 e. The van der Waals surface area contributed by atoms with Gasteiger partial charge >= 0.3 is 0 Å². The van der Waals surface area contributed by atoms with E-state index in [1.807, 2.05) is 24.3 Å². The molecule has 0 atom stereocenters. The Hall–Kier alpha value is -0.0666. The van der Waals surface area contributed by atoms with Gasteiger partial charge in [0.1, 0.15) is 0 Å². The molecule has 0 spiro atoms. The van der Waals surface area contributed by atoms with E-state index in [1.165, 1.54) is 5.56 Å². The van der Waals surface area contributed by atoms with Gasteiger partial charge in [0.2, 0.25) is 0 Å². The molecule has 54 valence electrons. The Morgan fingerprint density at radius 3 is 2.55 bits per heavy atom. The van der Waals surface area contributed by atoms with Crippen LogP contribution in [0.3, 0.4) is 0 Å². The summed E-state index contributed by atoms with van der Waals surface area (Å²) in [6.07, 6.45) is 2.79. The Morgan fingerprint density at radius 1 is 1.36 bits per heavy atom. The van der Waals surface area contributed by atoms with Crippen molar-refractivity contribution < 1.29 is 19.5 Å². The second-order valence-electron chi connectivity index (χ2n) is 2.12. The number of rotatable bonds is 2. The molecule has 1 rings (SSSR count). The first-order valence-electron chi connectivity index (χ1n) is 3.22. The van der Waals surface area contributed by atoms with Crippen molar-refractivity contribution in [2.45, 2.75) is 11.3 Å². The Kier molecular flexibility index (Phi) is 5.53. The first-order chi connectivity index (χ1) is 4.84. The van der Waals surface area contributed by atoms with Gasteiger partial charge in [-0.1, -0.05) is 24.3 Å². The van der Waals surface area contributed by atoms with Gasteiger partial charge in [-0.3, -0.25) is 0 Å². The van der Waals surface area contributed by atoms with Crippen LogP contribution in [-0.4, -0.2) is 0 Å². The van der Waals surface area contributed by atoms with Crippen LogP contribution in [0.15, 0.2) is 41.8 Å². The van der Waals surface area contributed by atoms with Crippen molar-refractivity contribution in [2.75, 3.05) is 0 Å². The quantitative estimate of drug-likeness (QED) is 0.438. The van der Waals surface area contributed by atoms with Gasteiger partial charge in [0.25, 0.3) is 0 Å². The van der Waals surface area contributed by atoms with Crippen LogP contribution in [0, 0.1) is 0 Å². The van der Waals surface area contributed by atoms with E-state index in [-0.39, 0.29) is 19.5 Å². The molecule has 0 N–H and O–H groups in total. The van der Waals surface area contributed by atoms with E-state index < -0.39 is 0 Å². The molecule has 0 aliphatic heterocycles. The third kappa shape index (κ3) is 3.22. The maximum absolute atomic E-state index is 4.28. The Morgan fingerprint density at radius 2 is 2.00 bits per heavy atom. The largest absolute Gasteiger partial charge is 0.143 e. The second kappa shape index (κ2) is 5.57. The van der Waals surface area contributed by atoms with E-state index in [0.29, 0.717) is 0 Å². The van der Waals surface area contributed by atoms with Crippen LogP contribution in [0.1, 0.15) is 5.56 Å². The summed E-state index contributed by atoms with van der Waals surface area (Å²) in [5.41, 5.74) is 1.24. The fourth-order valence-corrected chi connectivity index (χ4v) is 1.09. The summed E-state index contributed by atoms with van der Waals surface area (Å²) < 4.78 is 0. The van der Waals surface area contributed by atoms with Gasteiger partial charge in [-0.15, -0.1) is 19.2 Å². The molecule has 11 heavy (non-hydrogen) atoms. The van der Waals surface area contributed by atoms with Crippen LogP contribution >= 0.6 is 12.6 Å². The molecule has 0 nitrogen and oxygen atoms in total. The summed E-state index contributed by atoms with van der Waals surface area (Å²) in [5.74, 6) is 0. The van der Waals surface area contributed by atoms with Gasteiger partial charge in [0.15, 0.2) is 0 Å². The van der Waals surface area contributed by atoms with Crippen LogP contribution in [-0.2, 0) is 25.9 Å². The van der Waals surface area contributed by atoms with Gasteiger partial charge in [-0.05, 0) is 18.1 Å². The van der Waals surface area contributed by atoms with Crippen LogP contribution in [0.5, 0.6) is 0 Å². The number of hydrogen-bond acceptors (Lipinski definition) is 1. The zero-order chi connectivity index (χ0) is 7.40. The molecule has 0 aliphatic carbocycles. The fourth-order valence-electron chi connectivity index (χ4n) is 0.839. The van der Waals surface area contributed by atoms with Crippen LogP contribution in [0.25, 0.3) is 0 Å². The van der Waals surface area contributed by atoms with E-state index in [2.05, 4.69) is 25.3 Å². The average molecular weight is 216 g/mol. The molecule has 2 heteroatoms. The molecule has 0 amide bonds. The third-order valence-corrected chi connectivity index (χ3v) is 1.79. The molecular formula is C9H10SZn. The zero-order valence-corrected chi connectivity index (χ0v) is 10.3. The molecule has 1 aromatic carbocycles. The Bertz CT molecular complexity index is 233. The van der Waals surface area contributed by atoms with Gasteiger partial charge in [-0.25, -0.2) is 0 Å². The third-order valence-electron chi connectivity index (χ3n) is 1.36. The number of allylic oxidation sites excluding steroid dienone is 1. The molecule has 0 saturated heterocycles. The predicted molar refractivity (Wildman–Crippen MR) is 47.6 cm³/mol. The molecule has 0 fully saturated rings. The molecule has 0 bridgehead atoms. The fraction of sp³-hybridized carbons (Fsp3) is 0.111. The molecular weight excluding hydrogens is 206 g/mol. The smallest absolute Gasteiger partial charge is 0.00751 e. The molecule has 0 unspecified atom stereocenters. The monoisotopic (exact) mass is 214 g/mol. The van der Waals surface area contributed by atoms with Gasteiger partial charge in [-0.2, -0.15) is 0 Å². The first-order valence-corrected chi connectivity index (χ1v) is 3.67. The maximum atomic E-state index is 4.28. The van der Waals surface area contributed by atoms with Crippen molar-refractivity contribution in [3.05, 3.63) is 42.5 Å². The summed E-state index contributed by atoms with van der Waals surface area (Å²) >= 11 is 4.28. The van der Waals surface area contributed by atoms with Gasteiger partial charge in [0, 0.05) is 24.4 Å². The Labute approximate surface area is 85.9 Å². The van der Waals surface area contributed by atoms with Crippen LogP contribution in [0.2, 0.25) is 0 Å². The SMILES string of the molecule is C=CCc1ccccc1S.[Zn]. The average Bonchev–Trinajstić information content (AvgIpc) is 1.94. The summed E-state index contributed by atoms with van der Waals surface area (Å²) in [6, 6.07) is 8.04. The van der Waals surface area contributed by atoms with Crippen molar-refractivity contribution in [1.29, 1.82) is 0 Å². The van der Waals surface area contributed by atoms with E-state index >= 15 is 0 Å². The molecule has 0 heterocycles. The van der Waals surface area contributed by atoms with Crippen molar-refractivity contribution >= 4 is 12.6 Å². The minimum atomic E-state index is 0. The first kappa shape index (κ1) is 10.9. The predicted octanol–water partition coefficient (Wildman–Crippen LogP) is 2.70. The number of hydrogen-bond donors (Lipinski definition) is 1. The molecule has 0 aliphatic rings.